The SMILES string of the molecule is Cc1nc2ccccc2c(C)c1CC(=O)Nc1c(C)nn(-c2ccccc2)c1C. The van der Waals surface area contributed by atoms with Crippen molar-refractivity contribution in [3.63, 3.8) is 0 Å². The van der Waals surface area contributed by atoms with Crippen molar-refractivity contribution >= 4 is 22.5 Å². The van der Waals surface area contributed by atoms with E-state index in [-0.39, 0.29) is 12.3 Å². The maximum Gasteiger partial charge on any atom is 0.228 e. The number of hydrogen-bond donors (Lipinski definition) is 1. The van der Waals surface area contributed by atoms with E-state index >= 15 is 0 Å². The summed E-state index contributed by atoms with van der Waals surface area (Å²) >= 11 is 0. The van der Waals surface area contributed by atoms with Crippen molar-refractivity contribution in [2.75, 3.05) is 5.32 Å². The van der Waals surface area contributed by atoms with Crippen molar-refractivity contribution in [2.45, 2.75) is 34.1 Å². The van der Waals surface area contributed by atoms with E-state index in [0.29, 0.717) is 0 Å². The highest BCUT2D eigenvalue weighted by molar-refractivity contribution is 5.95. The molecule has 0 spiro atoms. The van der Waals surface area contributed by atoms with Crippen LogP contribution in [0.1, 0.15) is 28.2 Å². The highest BCUT2D eigenvalue weighted by Crippen LogP contribution is 2.25. The van der Waals surface area contributed by atoms with Crippen LogP contribution >= 0.6 is 0 Å². The summed E-state index contributed by atoms with van der Waals surface area (Å²) in [5.74, 6) is -0.0629. The Labute approximate surface area is 170 Å². The number of aromatic nitrogens is 3. The van der Waals surface area contributed by atoms with Gasteiger partial charge in [-0.1, -0.05) is 36.4 Å². The number of nitrogens with one attached hydrogen (secondary N) is 1. The normalized spacial score (nSPS) is 11.0. The summed E-state index contributed by atoms with van der Waals surface area (Å²) in [6.07, 6.45) is 0.283. The number of nitrogens with zero attached hydrogens (tertiary/aromatic N) is 3. The zero-order valence-corrected chi connectivity index (χ0v) is 17.2. The minimum Gasteiger partial charge on any atom is -0.323 e. The zero-order valence-electron chi connectivity index (χ0n) is 17.2. The number of pyridine rings is 1. The predicted molar refractivity (Wildman–Crippen MR) is 117 cm³/mol. The van der Waals surface area contributed by atoms with Crippen molar-refractivity contribution in [1.82, 2.24) is 14.8 Å². The second kappa shape index (κ2) is 7.51. The van der Waals surface area contributed by atoms with Crippen molar-refractivity contribution in [1.29, 1.82) is 0 Å². The molecule has 2 aromatic carbocycles. The predicted octanol–water partition coefficient (Wildman–Crippen LogP) is 4.84. The Morgan fingerprint density at radius 1 is 0.931 bits per heavy atom. The Hall–Kier alpha value is -3.47. The summed E-state index contributed by atoms with van der Waals surface area (Å²) < 4.78 is 1.86. The number of hydrogen-bond acceptors (Lipinski definition) is 3. The third-order valence-corrected chi connectivity index (χ3v) is 5.38. The molecule has 4 rings (SSSR count). The second-order valence-electron chi connectivity index (χ2n) is 7.34. The molecule has 2 heterocycles. The van der Waals surface area contributed by atoms with Gasteiger partial charge in [0.2, 0.25) is 5.91 Å². The molecule has 5 heteroatoms. The van der Waals surface area contributed by atoms with E-state index in [4.69, 9.17) is 0 Å². The number of carbonyl (C=O) groups is 1. The van der Waals surface area contributed by atoms with E-state index in [1.165, 1.54) is 0 Å². The molecule has 29 heavy (non-hydrogen) atoms. The third kappa shape index (κ3) is 3.51. The number of fused-ring (bicyclic) bond motifs is 1. The van der Waals surface area contributed by atoms with E-state index < -0.39 is 0 Å². The number of aryl methyl sites for hydroxylation is 3. The molecule has 1 N–H and O–H groups in total. The van der Waals surface area contributed by atoms with Crippen LogP contribution in [0.4, 0.5) is 5.69 Å². The third-order valence-electron chi connectivity index (χ3n) is 5.38. The lowest BCUT2D eigenvalue weighted by molar-refractivity contribution is -0.115. The largest absolute Gasteiger partial charge is 0.323 e. The molecule has 1 amide bonds. The molecule has 4 aromatic rings. The molecule has 0 atom stereocenters. The molecular formula is C24H24N4O. The summed E-state index contributed by atoms with van der Waals surface area (Å²) in [5, 5.41) is 8.76. The average molecular weight is 384 g/mol. The van der Waals surface area contributed by atoms with Gasteiger partial charge in [-0.15, -0.1) is 0 Å². The van der Waals surface area contributed by atoms with Crippen LogP contribution in [0.5, 0.6) is 0 Å². The summed E-state index contributed by atoms with van der Waals surface area (Å²) in [7, 11) is 0. The van der Waals surface area contributed by atoms with Gasteiger partial charge in [0.1, 0.15) is 0 Å². The van der Waals surface area contributed by atoms with Gasteiger partial charge >= 0.3 is 0 Å². The van der Waals surface area contributed by atoms with E-state index in [1.807, 2.05) is 74.0 Å². The van der Waals surface area contributed by atoms with Gasteiger partial charge < -0.3 is 5.32 Å². The van der Waals surface area contributed by atoms with Crippen molar-refractivity contribution in [3.8, 4) is 5.69 Å². The highest BCUT2D eigenvalue weighted by Gasteiger charge is 2.17. The number of carbonyl (C=O) groups excluding carboxylic acids is 1. The standard InChI is InChI=1S/C24H24N4O/c1-15-20-12-8-9-13-22(20)25-16(2)21(15)14-23(29)26-24-17(3)27-28(18(24)4)19-10-6-5-7-11-19/h5-13H,14H2,1-4H3,(H,26,29). The summed E-state index contributed by atoms with van der Waals surface area (Å²) in [6, 6.07) is 18.0. The number of rotatable bonds is 4. The molecule has 0 aliphatic rings. The topological polar surface area (TPSA) is 59.8 Å². The Kier molecular flexibility index (Phi) is 4.89. The first-order valence-corrected chi connectivity index (χ1v) is 9.72. The average Bonchev–Trinajstić information content (AvgIpc) is 3.00. The van der Waals surface area contributed by atoms with E-state index in [9.17, 15) is 4.79 Å². The van der Waals surface area contributed by atoms with Crippen LogP contribution in [-0.2, 0) is 11.2 Å². The summed E-state index contributed by atoms with van der Waals surface area (Å²) in [6.45, 7) is 7.91. The molecule has 0 unspecified atom stereocenters. The van der Waals surface area contributed by atoms with Gasteiger partial charge in [0.25, 0.3) is 0 Å². The molecule has 0 saturated heterocycles. The fourth-order valence-electron chi connectivity index (χ4n) is 3.82. The van der Waals surface area contributed by atoms with E-state index in [1.54, 1.807) is 0 Å². The fraction of sp³-hybridized carbons (Fsp3) is 0.208. The molecule has 2 aromatic heterocycles. The van der Waals surface area contributed by atoms with Crippen LogP contribution in [0.3, 0.4) is 0 Å². The quantitative estimate of drug-likeness (QED) is 0.548. The Morgan fingerprint density at radius 3 is 2.38 bits per heavy atom. The van der Waals surface area contributed by atoms with Gasteiger partial charge in [-0.05, 0) is 57.0 Å². The van der Waals surface area contributed by atoms with Crippen LogP contribution < -0.4 is 5.32 Å². The van der Waals surface area contributed by atoms with Crippen LogP contribution in [-0.4, -0.2) is 20.7 Å². The van der Waals surface area contributed by atoms with Crippen LogP contribution in [0.2, 0.25) is 0 Å². The number of para-hydroxylation sites is 2. The Bertz CT molecular complexity index is 1210. The molecule has 0 radical (unpaired) electrons. The zero-order chi connectivity index (χ0) is 20.5. The van der Waals surface area contributed by atoms with Crippen LogP contribution in [0.25, 0.3) is 16.6 Å². The van der Waals surface area contributed by atoms with Gasteiger partial charge in [-0.25, -0.2) is 4.68 Å². The number of anilines is 1. The molecule has 0 saturated carbocycles. The van der Waals surface area contributed by atoms with Gasteiger partial charge in [-0.2, -0.15) is 5.10 Å². The van der Waals surface area contributed by atoms with Crippen molar-refractivity contribution < 1.29 is 4.79 Å². The number of benzene rings is 2. The van der Waals surface area contributed by atoms with Crippen LogP contribution in [0, 0.1) is 27.7 Å². The minimum atomic E-state index is -0.0629. The lowest BCUT2D eigenvalue weighted by atomic mass is 9.99. The molecule has 146 valence electrons. The maximum absolute atomic E-state index is 12.9. The first kappa shape index (κ1) is 18.9. The Balaban J connectivity index is 1.62. The first-order valence-electron chi connectivity index (χ1n) is 9.72. The van der Waals surface area contributed by atoms with Gasteiger partial charge in [0.15, 0.2) is 0 Å². The minimum absolute atomic E-state index is 0.0629. The van der Waals surface area contributed by atoms with E-state index in [0.717, 1.165) is 50.5 Å². The number of amides is 1. The smallest absolute Gasteiger partial charge is 0.228 e. The fourth-order valence-corrected chi connectivity index (χ4v) is 3.82. The molecule has 5 nitrogen and oxygen atoms in total. The molecular weight excluding hydrogens is 360 g/mol. The molecule has 0 bridgehead atoms. The van der Waals surface area contributed by atoms with Crippen LogP contribution in [0.15, 0.2) is 54.6 Å². The lowest BCUT2D eigenvalue weighted by Crippen LogP contribution is -2.17. The molecule has 0 aliphatic heterocycles. The van der Waals surface area contributed by atoms with Gasteiger partial charge in [-0.3, -0.25) is 9.78 Å². The van der Waals surface area contributed by atoms with Crippen molar-refractivity contribution in [3.05, 3.63) is 82.8 Å². The lowest BCUT2D eigenvalue weighted by Gasteiger charge is -2.13. The monoisotopic (exact) mass is 384 g/mol. The highest BCUT2D eigenvalue weighted by atomic mass is 16.1. The van der Waals surface area contributed by atoms with E-state index in [2.05, 4.69) is 28.4 Å². The summed E-state index contributed by atoms with van der Waals surface area (Å²) in [5.41, 5.74) is 7.38. The molecule has 0 aliphatic carbocycles. The van der Waals surface area contributed by atoms with Gasteiger partial charge in [0, 0.05) is 11.1 Å². The first-order chi connectivity index (χ1) is 14.0. The van der Waals surface area contributed by atoms with Gasteiger partial charge in [0.05, 0.1) is 34.7 Å². The summed E-state index contributed by atoms with van der Waals surface area (Å²) in [4.78, 5) is 17.6. The molecule has 0 fully saturated rings. The Morgan fingerprint density at radius 2 is 1.62 bits per heavy atom. The second-order valence-corrected chi connectivity index (χ2v) is 7.34. The maximum atomic E-state index is 12.9. The van der Waals surface area contributed by atoms with Crippen molar-refractivity contribution in [2.24, 2.45) is 0 Å².